The molecule has 0 radical (unpaired) electrons. The molecule has 0 fully saturated rings. The molecule has 0 bridgehead atoms. The maximum atomic E-state index is 5.71. The Balaban J connectivity index is 2.07. The Bertz CT molecular complexity index is 478. The molecular formula is C15H20N2S. The first-order chi connectivity index (χ1) is 8.70. The summed E-state index contributed by atoms with van der Waals surface area (Å²) in [5, 5.41) is 3.35. The molecule has 1 heterocycles. The zero-order chi connectivity index (χ0) is 13.0. The fourth-order valence-corrected chi connectivity index (χ4v) is 2.80. The van der Waals surface area contributed by atoms with Gasteiger partial charge in [-0.3, -0.25) is 0 Å². The zero-order valence-electron chi connectivity index (χ0n) is 11.0. The highest BCUT2D eigenvalue weighted by Crippen LogP contribution is 2.24. The first-order valence-electron chi connectivity index (χ1n) is 6.40. The van der Waals surface area contributed by atoms with Gasteiger partial charge in [0.15, 0.2) is 0 Å². The standard InChI is InChI=1S/C15H20N2S/c1-11(12(2)9-16)8-15-17-14(10-18-15)13-6-4-3-5-7-13/h3-7,10-12H,8-9,16H2,1-2H3. The molecule has 2 unspecified atom stereocenters. The fraction of sp³-hybridized carbons (Fsp3) is 0.400. The maximum absolute atomic E-state index is 5.71. The molecule has 96 valence electrons. The summed E-state index contributed by atoms with van der Waals surface area (Å²) in [6.07, 6.45) is 1.02. The van der Waals surface area contributed by atoms with Crippen LogP contribution in [-0.2, 0) is 6.42 Å². The van der Waals surface area contributed by atoms with Crippen LogP contribution in [0.5, 0.6) is 0 Å². The van der Waals surface area contributed by atoms with E-state index in [1.807, 2.05) is 18.2 Å². The second-order valence-corrected chi connectivity index (χ2v) is 5.83. The predicted octanol–water partition coefficient (Wildman–Crippen LogP) is 3.58. The van der Waals surface area contributed by atoms with Crippen LogP contribution in [0.25, 0.3) is 11.3 Å². The number of hydrogen-bond donors (Lipinski definition) is 1. The molecule has 3 heteroatoms. The van der Waals surface area contributed by atoms with Crippen molar-refractivity contribution >= 4 is 11.3 Å². The molecule has 2 atom stereocenters. The van der Waals surface area contributed by atoms with Crippen LogP contribution in [0.15, 0.2) is 35.7 Å². The molecule has 18 heavy (non-hydrogen) atoms. The van der Waals surface area contributed by atoms with E-state index in [1.54, 1.807) is 11.3 Å². The number of nitrogens with two attached hydrogens (primary N) is 1. The third-order valence-corrected chi connectivity index (χ3v) is 4.33. The van der Waals surface area contributed by atoms with Gasteiger partial charge in [-0.05, 0) is 18.4 Å². The lowest BCUT2D eigenvalue weighted by Crippen LogP contribution is -2.19. The Morgan fingerprint density at radius 3 is 2.56 bits per heavy atom. The van der Waals surface area contributed by atoms with Gasteiger partial charge >= 0.3 is 0 Å². The third-order valence-electron chi connectivity index (χ3n) is 3.46. The van der Waals surface area contributed by atoms with Crippen LogP contribution in [0, 0.1) is 11.8 Å². The Hall–Kier alpha value is -1.19. The molecule has 0 saturated carbocycles. The number of thiazole rings is 1. The second-order valence-electron chi connectivity index (χ2n) is 4.89. The maximum Gasteiger partial charge on any atom is 0.0935 e. The van der Waals surface area contributed by atoms with Gasteiger partial charge in [0.25, 0.3) is 0 Å². The molecule has 0 aliphatic rings. The summed E-state index contributed by atoms with van der Waals surface area (Å²) in [7, 11) is 0. The molecule has 2 N–H and O–H groups in total. The van der Waals surface area contributed by atoms with E-state index in [1.165, 1.54) is 10.6 Å². The van der Waals surface area contributed by atoms with Crippen LogP contribution >= 0.6 is 11.3 Å². The van der Waals surface area contributed by atoms with Gasteiger partial charge in [-0.15, -0.1) is 11.3 Å². The molecule has 0 saturated heterocycles. The van der Waals surface area contributed by atoms with Crippen molar-refractivity contribution in [1.29, 1.82) is 0 Å². The Labute approximate surface area is 113 Å². The van der Waals surface area contributed by atoms with Gasteiger partial charge in [0.1, 0.15) is 0 Å². The first kappa shape index (κ1) is 13.2. The van der Waals surface area contributed by atoms with Crippen LogP contribution in [0.2, 0.25) is 0 Å². The highest BCUT2D eigenvalue weighted by molar-refractivity contribution is 7.09. The normalized spacial score (nSPS) is 14.4. The van der Waals surface area contributed by atoms with Crippen molar-refractivity contribution in [3.8, 4) is 11.3 Å². The lowest BCUT2D eigenvalue weighted by Gasteiger charge is -2.16. The lowest BCUT2D eigenvalue weighted by atomic mass is 9.93. The minimum Gasteiger partial charge on any atom is -0.330 e. The van der Waals surface area contributed by atoms with Crippen molar-refractivity contribution in [3.63, 3.8) is 0 Å². The van der Waals surface area contributed by atoms with Gasteiger partial charge in [0, 0.05) is 17.4 Å². The Morgan fingerprint density at radius 1 is 1.17 bits per heavy atom. The molecule has 2 aromatic rings. The summed E-state index contributed by atoms with van der Waals surface area (Å²) < 4.78 is 0. The quantitative estimate of drug-likeness (QED) is 0.892. The van der Waals surface area contributed by atoms with E-state index in [4.69, 9.17) is 10.7 Å². The summed E-state index contributed by atoms with van der Waals surface area (Å²) in [4.78, 5) is 4.71. The highest BCUT2D eigenvalue weighted by Gasteiger charge is 2.13. The zero-order valence-corrected chi connectivity index (χ0v) is 11.8. The average molecular weight is 260 g/mol. The number of rotatable bonds is 5. The van der Waals surface area contributed by atoms with Gasteiger partial charge in [-0.2, -0.15) is 0 Å². The summed E-state index contributed by atoms with van der Waals surface area (Å²) in [5.74, 6) is 1.14. The van der Waals surface area contributed by atoms with Crippen molar-refractivity contribution in [2.24, 2.45) is 17.6 Å². The molecule has 2 rings (SSSR count). The van der Waals surface area contributed by atoms with E-state index in [0.717, 1.165) is 18.7 Å². The smallest absolute Gasteiger partial charge is 0.0935 e. The van der Waals surface area contributed by atoms with Crippen molar-refractivity contribution < 1.29 is 0 Å². The van der Waals surface area contributed by atoms with Crippen molar-refractivity contribution in [1.82, 2.24) is 4.98 Å². The summed E-state index contributed by atoms with van der Waals surface area (Å²) in [6.45, 7) is 5.20. The van der Waals surface area contributed by atoms with E-state index in [-0.39, 0.29) is 0 Å². The van der Waals surface area contributed by atoms with Crippen LogP contribution < -0.4 is 5.73 Å². The second kappa shape index (κ2) is 6.12. The van der Waals surface area contributed by atoms with E-state index in [9.17, 15) is 0 Å². The topological polar surface area (TPSA) is 38.9 Å². The van der Waals surface area contributed by atoms with E-state index < -0.39 is 0 Å². The van der Waals surface area contributed by atoms with Crippen LogP contribution in [0.3, 0.4) is 0 Å². The molecule has 0 amide bonds. The van der Waals surface area contributed by atoms with Gasteiger partial charge in [-0.25, -0.2) is 4.98 Å². The average Bonchev–Trinajstić information content (AvgIpc) is 2.87. The summed E-state index contributed by atoms with van der Waals surface area (Å²) in [6, 6.07) is 10.3. The van der Waals surface area contributed by atoms with E-state index >= 15 is 0 Å². The largest absolute Gasteiger partial charge is 0.330 e. The molecule has 0 aliphatic carbocycles. The highest BCUT2D eigenvalue weighted by atomic mass is 32.1. The van der Waals surface area contributed by atoms with Crippen LogP contribution in [-0.4, -0.2) is 11.5 Å². The molecule has 2 nitrogen and oxygen atoms in total. The lowest BCUT2D eigenvalue weighted by molar-refractivity contribution is 0.394. The first-order valence-corrected chi connectivity index (χ1v) is 7.28. The van der Waals surface area contributed by atoms with Gasteiger partial charge in [0.2, 0.25) is 0 Å². The minimum absolute atomic E-state index is 0.550. The third kappa shape index (κ3) is 3.18. The molecule has 1 aromatic carbocycles. The van der Waals surface area contributed by atoms with Crippen molar-refractivity contribution in [2.75, 3.05) is 6.54 Å². The number of hydrogen-bond acceptors (Lipinski definition) is 3. The van der Waals surface area contributed by atoms with E-state index in [2.05, 4.69) is 31.4 Å². The van der Waals surface area contributed by atoms with Crippen molar-refractivity contribution in [3.05, 3.63) is 40.7 Å². The Kier molecular flexibility index (Phi) is 4.50. The molecular weight excluding hydrogens is 240 g/mol. The summed E-state index contributed by atoms with van der Waals surface area (Å²) in [5.41, 5.74) is 7.99. The number of aromatic nitrogens is 1. The van der Waals surface area contributed by atoms with Gasteiger partial charge in [0.05, 0.1) is 10.7 Å². The van der Waals surface area contributed by atoms with Gasteiger partial charge in [-0.1, -0.05) is 44.2 Å². The van der Waals surface area contributed by atoms with Crippen molar-refractivity contribution in [2.45, 2.75) is 20.3 Å². The monoisotopic (exact) mass is 260 g/mol. The fourth-order valence-electron chi connectivity index (χ4n) is 1.86. The number of nitrogens with zero attached hydrogens (tertiary/aromatic N) is 1. The molecule has 0 aliphatic heterocycles. The SMILES string of the molecule is CC(CN)C(C)Cc1nc(-c2ccccc2)cs1. The van der Waals surface area contributed by atoms with E-state index in [0.29, 0.717) is 11.8 Å². The minimum atomic E-state index is 0.550. The Morgan fingerprint density at radius 2 is 1.89 bits per heavy atom. The molecule has 0 spiro atoms. The van der Waals surface area contributed by atoms with Gasteiger partial charge < -0.3 is 5.73 Å². The molecule has 1 aromatic heterocycles. The number of benzene rings is 1. The van der Waals surface area contributed by atoms with Crippen LogP contribution in [0.1, 0.15) is 18.9 Å². The summed E-state index contributed by atoms with van der Waals surface area (Å²) >= 11 is 1.75. The van der Waals surface area contributed by atoms with Crippen LogP contribution in [0.4, 0.5) is 0 Å². The predicted molar refractivity (Wildman–Crippen MR) is 78.6 cm³/mol.